The molecule has 3 nitrogen and oxygen atoms in total. The first-order chi connectivity index (χ1) is 14.3. The van der Waals surface area contributed by atoms with Crippen molar-refractivity contribution in [1.82, 2.24) is 14.8 Å². The molecule has 4 heteroatoms. The van der Waals surface area contributed by atoms with E-state index in [1.54, 1.807) is 11.8 Å². The smallest absolute Gasteiger partial charge is 0.165 e. The van der Waals surface area contributed by atoms with E-state index in [-0.39, 0.29) is 0 Å². The zero-order valence-corrected chi connectivity index (χ0v) is 16.8. The molecule has 2 aromatic heterocycles. The maximum atomic E-state index is 5.04. The van der Waals surface area contributed by atoms with Crippen LogP contribution < -0.4 is 0 Å². The van der Waals surface area contributed by atoms with Gasteiger partial charge >= 0.3 is 0 Å². The van der Waals surface area contributed by atoms with Crippen LogP contribution >= 0.6 is 11.8 Å². The fourth-order valence-corrected chi connectivity index (χ4v) is 4.00. The van der Waals surface area contributed by atoms with Crippen molar-refractivity contribution in [3.05, 3.63) is 97.1 Å². The van der Waals surface area contributed by atoms with Crippen LogP contribution in [0.25, 0.3) is 39.1 Å². The summed E-state index contributed by atoms with van der Waals surface area (Å²) in [5, 5.41) is 7.09. The van der Waals surface area contributed by atoms with Crippen LogP contribution in [0.4, 0.5) is 0 Å². The van der Waals surface area contributed by atoms with E-state index in [4.69, 9.17) is 10.1 Å². The van der Waals surface area contributed by atoms with Crippen LogP contribution in [0.2, 0.25) is 0 Å². The first-order valence-corrected chi connectivity index (χ1v) is 10.7. The van der Waals surface area contributed by atoms with Gasteiger partial charge in [-0.2, -0.15) is 5.10 Å². The van der Waals surface area contributed by atoms with Crippen LogP contribution in [0.15, 0.2) is 102 Å². The Labute approximate surface area is 174 Å². The molecule has 0 radical (unpaired) electrons. The SMILES string of the molecule is CSc1cc(-c2ccccc2)c2c(-c3ccccc3)nn(-c3ccccc3)c2n1. The molecule has 5 aromatic rings. The van der Waals surface area contributed by atoms with Gasteiger partial charge in [0.15, 0.2) is 5.65 Å². The predicted molar refractivity (Wildman–Crippen MR) is 122 cm³/mol. The van der Waals surface area contributed by atoms with Crippen LogP contribution in [-0.2, 0) is 0 Å². The Bertz CT molecular complexity index is 1260. The van der Waals surface area contributed by atoms with Crippen molar-refractivity contribution >= 4 is 22.8 Å². The molecule has 0 atom stereocenters. The van der Waals surface area contributed by atoms with E-state index in [0.29, 0.717) is 0 Å². The van der Waals surface area contributed by atoms with E-state index in [2.05, 4.69) is 73.0 Å². The molecule has 0 aliphatic rings. The normalized spacial score (nSPS) is 11.1. The number of fused-ring (bicyclic) bond motifs is 1. The Morgan fingerprint density at radius 3 is 1.93 bits per heavy atom. The van der Waals surface area contributed by atoms with Crippen molar-refractivity contribution in [1.29, 1.82) is 0 Å². The molecular formula is C25H19N3S. The van der Waals surface area contributed by atoms with Gasteiger partial charge in [0.25, 0.3) is 0 Å². The second kappa shape index (κ2) is 7.57. The van der Waals surface area contributed by atoms with Crippen LogP contribution in [0.5, 0.6) is 0 Å². The van der Waals surface area contributed by atoms with E-state index in [1.165, 1.54) is 5.56 Å². The topological polar surface area (TPSA) is 30.7 Å². The first-order valence-electron chi connectivity index (χ1n) is 9.49. The lowest BCUT2D eigenvalue weighted by atomic mass is 10.00. The molecule has 0 bridgehead atoms. The van der Waals surface area contributed by atoms with Gasteiger partial charge in [0.05, 0.1) is 16.1 Å². The van der Waals surface area contributed by atoms with Gasteiger partial charge in [-0.15, -0.1) is 11.8 Å². The molecule has 0 fully saturated rings. The van der Waals surface area contributed by atoms with Gasteiger partial charge in [-0.05, 0) is 35.6 Å². The van der Waals surface area contributed by atoms with Crippen molar-refractivity contribution in [2.24, 2.45) is 0 Å². The van der Waals surface area contributed by atoms with Crippen molar-refractivity contribution in [2.75, 3.05) is 6.26 Å². The number of pyridine rings is 1. The molecule has 0 N–H and O–H groups in total. The molecule has 0 amide bonds. The third-order valence-electron chi connectivity index (χ3n) is 4.96. The Morgan fingerprint density at radius 2 is 1.31 bits per heavy atom. The Morgan fingerprint density at radius 1 is 0.724 bits per heavy atom. The van der Waals surface area contributed by atoms with Gasteiger partial charge in [-0.3, -0.25) is 0 Å². The van der Waals surface area contributed by atoms with Crippen LogP contribution in [-0.4, -0.2) is 21.0 Å². The fourth-order valence-electron chi connectivity index (χ4n) is 3.59. The molecule has 3 aromatic carbocycles. The Hall–Kier alpha value is -3.37. The van der Waals surface area contributed by atoms with E-state index in [0.717, 1.165) is 38.6 Å². The summed E-state index contributed by atoms with van der Waals surface area (Å²) in [6.45, 7) is 0. The third-order valence-corrected chi connectivity index (χ3v) is 5.58. The number of para-hydroxylation sites is 1. The highest BCUT2D eigenvalue weighted by molar-refractivity contribution is 7.98. The highest BCUT2D eigenvalue weighted by atomic mass is 32.2. The third kappa shape index (κ3) is 3.22. The van der Waals surface area contributed by atoms with Gasteiger partial charge in [0.2, 0.25) is 0 Å². The minimum absolute atomic E-state index is 0.876. The van der Waals surface area contributed by atoms with Crippen molar-refractivity contribution < 1.29 is 0 Å². The number of hydrogen-bond donors (Lipinski definition) is 0. The van der Waals surface area contributed by atoms with E-state index >= 15 is 0 Å². The van der Waals surface area contributed by atoms with Gasteiger partial charge in [0, 0.05) is 5.56 Å². The molecule has 140 valence electrons. The van der Waals surface area contributed by atoms with Gasteiger partial charge < -0.3 is 0 Å². The average molecular weight is 394 g/mol. The maximum Gasteiger partial charge on any atom is 0.165 e. The van der Waals surface area contributed by atoms with Crippen molar-refractivity contribution in [3.63, 3.8) is 0 Å². The van der Waals surface area contributed by atoms with Crippen LogP contribution in [0.1, 0.15) is 0 Å². The minimum Gasteiger partial charge on any atom is -0.222 e. The number of rotatable bonds is 4. The average Bonchev–Trinajstić information content (AvgIpc) is 3.20. The molecule has 2 heterocycles. The number of thioether (sulfide) groups is 1. The summed E-state index contributed by atoms with van der Waals surface area (Å²) in [7, 11) is 0. The van der Waals surface area contributed by atoms with Crippen LogP contribution in [0.3, 0.4) is 0 Å². The second-order valence-electron chi connectivity index (χ2n) is 6.74. The Balaban J connectivity index is 1.91. The lowest BCUT2D eigenvalue weighted by Crippen LogP contribution is -1.98. The minimum atomic E-state index is 0.876. The van der Waals surface area contributed by atoms with Gasteiger partial charge in [-0.25, -0.2) is 9.67 Å². The zero-order chi connectivity index (χ0) is 19.6. The summed E-state index contributed by atoms with van der Waals surface area (Å²) in [6.07, 6.45) is 2.06. The zero-order valence-electron chi connectivity index (χ0n) is 16.0. The van der Waals surface area contributed by atoms with Crippen molar-refractivity contribution in [2.45, 2.75) is 5.03 Å². The number of aromatic nitrogens is 3. The molecule has 0 saturated carbocycles. The summed E-state index contributed by atoms with van der Waals surface area (Å²) >= 11 is 1.65. The van der Waals surface area contributed by atoms with Crippen molar-refractivity contribution in [3.8, 4) is 28.1 Å². The number of benzene rings is 3. The monoisotopic (exact) mass is 393 g/mol. The quantitative estimate of drug-likeness (QED) is 0.328. The molecule has 0 aliphatic carbocycles. The number of nitrogens with zero attached hydrogens (tertiary/aromatic N) is 3. The molecule has 29 heavy (non-hydrogen) atoms. The summed E-state index contributed by atoms with van der Waals surface area (Å²) < 4.78 is 1.96. The predicted octanol–water partition coefficient (Wildman–Crippen LogP) is 6.48. The lowest BCUT2D eigenvalue weighted by Gasteiger charge is -2.08. The highest BCUT2D eigenvalue weighted by Gasteiger charge is 2.20. The summed E-state index contributed by atoms with van der Waals surface area (Å²) in [6, 6.07) is 33.2. The van der Waals surface area contributed by atoms with E-state index < -0.39 is 0 Å². The summed E-state index contributed by atoms with van der Waals surface area (Å²) in [4.78, 5) is 4.97. The van der Waals surface area contributed by atoms with E-state index in [1.807, 2.05) is 35.0 Å². The van der Waals surface area contributed by atoms with Gasteiger partial charge in [-0.1, -0.05) is 78.9 Å². The molecule has 0 aliphatic heterocycles. The summed E-state index contributed by atoms with van der Waals surface area (Å²) in [5.74, 6) is 0. The standard InChI is InChI=1S/C25H19N3S/c1-29-22-17-21(18-11-5-2-6-12-18)23-24(19-13-7-3-8-14-19)27-28(25(23)26-22)20-15-9-4-10-16-20/h2-17H,1H3. The summed E-state index contributed by atoms with van der Waals surface area (Å²) in [5.41, 5.74) is 6.23. The molecule has 0 saturated heterocycles. The second-order valence-corrected chi connectivity index (χ2v) is 7.57. The molecule has 0 spiro atoms. The first kappa shape index (κ1) is 17.7. The lowest BCUT2D eigenvalue weighted by molar-refractivity contribution is 0.893. The Kier molecular flexibility index (Phi) is 4.62. The number of hydrogen-bond acceptors (Lipinski definition) is 3. The largest absolute Gasteiger partial charge is 0.222 e. The van der Waals surface area contributed by atoms with Crippen LogP contribution in [0, 0.1) is 0 Å². The maximum absolute atomic E-state index is 5.04. The molecule has 5 rings (SSSR count). The molecular weight excluding hydrogens is 374 g/mol. The molecule has 0 unspecified atom stereocenters. The van der Waals surface area contributed by atoms with E-state index in [9.17, 15) is 0 Å². The highest BCUT2D eigenvalue weighted by Crippen LogP contribution is 2.38. The fraction of sp³-hybridized carbons (Fsp3) is 0.0400. The van der Waals surface area contributed by atoms with Gasteiger partial charge in [0.1, 0.15) is 5.69 Å².